The standard InChI is InChI=1S/C27H36N4O5/c1-19(25(34)31-36-21-13-9-6-10-14-21)28-26(35)22(16-18-24(33)30-27(2,3)4)29-23(32)17-15-20-11-7-5-8-12-20/h5-14,19,22H,15-18H2,1-4H3,(H,28,35)(H,29,32)(H,30,33)(H,31,34)/t19-,22-/m0/s1. The van der Waals surface area contributed by atoms with E-state index in [1.807, 2.05) is 57.2 Å². The third kappa shape index (κ3) is 11.0. The van der Waals surface area contributed by atoms with Crippen molar-refractivity contribution in [2.24, 2.45) is 0 Å². The fraction of sp³-hybridized carbons (Fsp3) is 0.407. The zero-order valence-corrected chi connectivity index (χ0v) is 21.3. The third-order valence-corrected chi connectivity index (χ3v) is 5.07. The molecule has 0 aromatic heterocycles. The van der Waals surface area contributed by atoms with Crippen LogP contribution in [0.2, 0.25) is 0 Å². The number of para-hydroxylation sites is 1. The van der Waals surface area contributed by atoms with E-state index >= 15 is 0 Å². The van der Waals surface area contributed by atoms with Crippen LogP contribution < -0.4 is 26.3 Å². The van der Waals surface area contributed by atoms with Crippen molar-refractivity contribution in [3.05, 3.63) is 66.2 Å². The predicted molar refractivity (Wildman–Crippen MR) is 137 cm³/mol. The van der Waals surface area contributed by atoms with E-state index in [2.05, 4.69) is 21.4 Å². The van der Waals surface area contributed by atoms with Gasteiger partial charge in [0.15, 0.2) is 5.75 Å². The molecule has 36 heavy (non-hydrogen) atoms. The highest BCUT2D eigenvalue weighted by Crippen LogP contribution is 2.08. The van der Waals surface area contributed by atoms with Gasteiger partial charge in [-0.15, -0.1) is 0 Å². The summed E-state index contributed by atoms with van der Waals surface area (Å²) >= 11 is 0. The van der Waals surface area contributed by atoms with Crippen LogP contribution >= 0.6 is 0 Å². The minimum Gasteiger partial charge on any atom is -0.379 e. The lowest BCUT2D eigenvalue weighted by molar-refractivity contribution is -0.135. The van der Waals surface area contributed by atoms with Gasteiger partial charge in [0.1, 0.15) is 12.1 Å². The molecule has 0 aliphatic heterocycles. The van der Waals surface area contributed by atoms with Crippen LogP contribution in [0.15, 0.2) is 60.7 Å². The number of benzene rings is 2. The molecule has 9 nitrogen and oxygen atoms in total. The molecule has 4 amide bonds. The molecule has 2 rings (SSSR count). The summed E-state index contributed by atoms with van der Waals surface area (Å²) in [5, 5.41) is 8.14. The molecule has 0 aliphatic carbocycles. The first-order valence-corrected chi connectivity index (χ1v) is 12.0. The second-order valence-electron chi connectivity index (χ2n) is 9.55. The van der Waals surface area contributed by atoms with E-state index in [0.29, 0.717) is 12.2 Å². The first-order valence-electron chi connectivity index (χ1n) is 12.0. The Hall–Kier alpha value is -3.88. The van der Waals surface area contributed by atoms with Gasteiger partial charge in [-0.2, -0.15) is 5.48 Å². The Morgan fingerprint density at radius 3 is 2.03 bits per heavy atom. The van der Waals surface area contributed by atoms with E-state index in [0.717, 1.165) is 5.56 Å². The molecule has 0 fully saturated rings. The Kier molecular flexibility index (Phi) is 10.9. The molecule has 4 N–H and O–H groups in total. The minimum atomic E-state index is -0.982. The van der Waals surface area contributed by atoms with Crippen molar-refractivity contribution in [1.82, 2.24) is 21.4 Å². The molecule has 194 valence electrons. The van der Waals surface area contributed by atoms with Crippen molar-refractivity contribution in [2.75, 3.05) is 0 Å². The Morgan fingerprint density at radius 2 is 1.42 bits per heavy atom. The van der Waals surface area contributed by atoms with Crippen LogP contribution in [0, 0.1) is 0 Å². The summed E-state index contributed by atoms with van der Waals surface area (Å²) in [5.74, 6) is -1.24. The molecular formula is C27H36N4O5. The maximum Gasteiger partial charge on any atom is 0.274 e. The summed E-state index contributed by atoms with van der Waals surface area (Å²) in [5.41, 5.74) is 2.88. The highest BCUT2D eigenvalue weighted by Gasteiger charge is 2.26. The number of rotatable bonds is 12. The van der Waals surface area contributed by atoms with Crippen LogP contribution in [0.1, 0.15) is 52.5 Å². The summed E-state index contributed by atoms with van der Waals surface area (Å²) < 4.78 is 0. The fourth-order valence-electron chi connectivity index (χ4n) is 3.26. The summed E-state index contributed by atoms with van der Waals surface area (Å²) in [6.45, 7) is 7.08. The average Bonchev–Trinajstić information content (AvgIpc) is 2.83. The van der Waals surface area contributed by atoms with Crippen molar-refractivity contribution in [3.8, 4) is 5.75 Å². The number of carbonyl (C=O) groups is 4. The molecule has 2 atom stereocenters. The number of amides is 4. The Labute approximate surface area is 212 Å². The van der Waals surface area contributed by atoms with Gasteiger partial charge >= 0.3 is 0 Å². The number of hydrogen-bond acceptors (Lipinski definition) is 5. The summed E-state index contributed by atoms with van der Waals surface area (Å²) in [6.07, 6.45) is 0.815. The van der Waals surface area contributed by atoms with Gasteiger partial charge in [-0.1, -0.05) is 48.5 Å². The minimum absolute atomic E-state index is 0.0337. The number of hydrogen-bond donors (Lipinski definition) is 4. The molecule has 2 aromatic carbocycles. The molecule has 9 heteroatoms. The number of carbonyl (C=O) groups excluding carboxylic acids is 4. The van der Waals surface area contributed by atoms with Crippen LogP contribution in [0.3, 0.4) is 0 Å². The molecule has 0 bridgehead atoms. The second kappa shape index (κ2) is 13.9. The van der Waals surface area contributed by atoms with Crippen LogP contribution in [-0.4, -0.2) is 41.3 Å². The summed E-state index contributed by atoms with van der Waals surface area (Å²) in [7, 11) is 0. The SMILES string of the molecule is C[C@H](NC(=O)[C@H](CCC(=O)NC(C)(C)C)NC(=O)CCc1ccccc1)C(=O)NOc1ccccc1. The van der Waals surface area contributed by atoms with E-state index in [9.17, 15) is 19.2 Å². The number of hydroxylamine groups is 1. The average molecular weight is 497 g/mol. The van der Waals surface area contributed by atoms with Crippen LogP contribution in [0.5, 0.6) is 5.75 Å². The molecule has 2 aromatic rings. The topological polar surface area (TPSA) is 126 Å². The maximum atomic E-state index is 13.0. The lowest BCUT2D eigenvalue weighted by Gasteiger charge is -2.23. The van der Waals surface area contributed by atoms with Crippen molar-refractivity contribution in [3.63, 3.8) is 0 Å². The van der Waals surface area contributed by atoms with E-state index in [-0.39, 0.29) is 31.1 Å². The van der Waals surface area contributed by atoms with Gasteiger partial charge in [-0.3, -0.25) is 19.2 Å². The number of aryl methyl sites for hydroxylation is 1. The van der Waals surface area contributed by atoms with Gasteiger partial charge in [0.25, 0.3) is 5.91 Å². The van der Waals surface area contributed by atoms with Gasteiger partial charge in [0.2, 0.25) is 17.7 Å². The zero-order chi connectivity index (χ0) is 26.6. The van der Waals surface area contributed by atoms with E-state index < -0.39 is 29.4 Å². The summed E-state index contributed by atoms with van der Waals surface area (Å²) in [4.78, 5) is 55.4. The third-order valence-electron chi connectivity index (χ3n) is 5.07. The van der Waals surface area contributed by atoms with Gasteiger partial charge in [-0.05, 0) is 58.2 Å². The predicted octanol–water partition coefficient (Wildman–Crippen LogP) is 2.41. The van der Waals surface area contributed by atoms with Crippen molar-refractivity contribution >= 4 is 23.6 Å². The molecule has 0 saturated carbocycles. The van der Waals surface area contributed by atoms with Crippen LogP contribution in [-0.2, 0) is 25.6 Å². The first kappa shape index (κ1) is 28.4. The van der Waals surface area contributed by atoms with E-state index in [1.54, 1.807) is 24.3 Å². The van der Waals surface area contributed by atoms with Crippen LogP contribution in [0.4, 0.5) is 0 Å². The molecule has 0 aliphatic rings. The fourth-order valence-corrected chi connectivity index (χ4v) is 3.26. The monoisotopic (exact) mass is 496 g/mol. The zero-order valence-electron chi connectivity index (χ0n) is 21.3. The maximum absolute atomic E-state index is 13.0. The molecular weight excluding hydrogens is 460 g/mol. The normalized spacial score (nSPS) is 12.6. The number of nitrogens with one attached hydrogen (secondary N) is 4. The van der Waals surface area contributed by atoms with E-state index in [4.69, 9.17) is 4.84 Å². The van der Waals surface area contributed by atoms with E-state index in [1.165, 1.54) is 6.92 Å². The van der Waals surface area contributed by atoms with Crippen molar-refractivity contribution < 1.29 is 24.0 Å². The van der Waals surface area contributed by atoms with Gasteiger partial charge in [0.05, 0.1) is 0 Å². The van der Waals surface area contributed by atoms with Gasteiger partial charge in [0, 0.05) is 18.4 Å². The first-order chi connectivity index (χ1) is 17.0. The molecule has 0 heterocycles. The Morgan fingerprint density at radius 1 is 0.806 bits per heavy atom. The molecule has 0 saturated heterocycles. The lowest BCUT2D eigenvalue weighted by Crippen LogP contribution is -2.53. The highest BCUT2D eigenvalue weighted by atomic mass is 16.7. The lowest BCUT2D eigenvalue weighted by atomic mass is 10.1. The smallest absolute Gasteiger partial charge is 0.274 e. The molecule has 0 unspecified atom stereocenters. The second-order valence-corrected chi connectivity index (χ2v) is 9.55. The van der Waals surface area contributed by atoms with Gasteiger partial charge in [-0.25, -0.2) is 0 Å². The Bertz CT molecular complexity index is 1010. The Balaban J connectivity index is 1.95. The van der Waals surface area contributed by atoms with Crippen molar-refractivity contribution in [2.45, 2.75) is 71.0 Å². The van der Waals surface area contributed by atoms with Crippen LogP contribution in [0.25, 0.3) is 0 Å². The summed E-state index contributed by atoms with van der Waals surface area (Å²) in [6, 6.07) is 16.3. The van der Waals surface area contributed by atoms with Gasteiger partial charge < -0.3 is 20.8 Å². The highest BCUT2D eigenvalue weighted by molar-refractivity contribution is 5.92. The molecule has 0 radical (unpaired) electrons. The largest absolute Gasteiger partial charge is 0.379 e. The van der Waals surface area contributed by atoms with Crippen molar-refractivity contribution in [1.29, 1.82) is 0 Å². The molecule has 0 spiro atoms. The quantitative estimate of drug-likeness (QED) is 0.336.